The van der Waals surface area contributed by atoms with Crippen molar-refractivity contribution in [2.45, 2.75) is 33.4 Å². The average Bonchev–Trinajstić information content (AvgIpc) is 2.69. The predicted molar refractivity (Wildman–Crippen MR) is 70.5 cm³/mol. The van der Waals surface area contributed by atoms with Gasteiger partial charge < -0.3 is 15.4 Å². The molecule has 0 saturated heterocycles. The predicted octanol–water partition coefficient (Wildman–Crippen LogP) is 0.509. The van der Waals surface area contributed by atoms with Crippen molar-refractivity contribution in [2.75, 3.05) is 19.4 Å². The highest BCUT2D eigenvalue weighted by molar-refractivity contribution is 5.92. The molecule has 0 aliphatic heterocycles. The molecule has 0 aliphatic carbocycles. The fourth-order valence-electron chi connectivity index (χ4n) is 1.41. The molecule has 0 fully saturated rings. The molecule has 0 aliphatic rings. The van der Waals surface area contributed by atoms with Gasteiger partial charge in [-0.15, -0.1) is 0 Å². The number of carbonyl (C=O) groups excluding carboxylic acids is 2. The van der Waals surface area contributed by atoms with Gasteiger partial charge in [-0.25, -0.2) is 4.79 Å². The number of nitrogens with zero attached hydrogens (tertiary/aromatic N) is 3. The molecule has 0 atom stereocenters. The van der Waals surface area contributed by atoms with Crippen LogP contribution in [0.4, 0.5) is 5.69 Å². The summed E-state index contributed by atoms with van der Waals surface area (Å²) >= 11 is 0. The molecular weight excluding hydrogens is 248 g/mol. The Morgan fingerprint density at radius 2 is 2.16 bits per heavy atom. The van der Waals surface area contributed by atoms with Gasteiger partial charge in [-0.2, -0.15) is 5.10 Å². The first-order chi connectivity index (χ1) is 8.86. The van der Waals surface area contributed by atoms with Gasteiger partial charge in [0.15, 0.2) is 5.69 Å². The van der Waals surface area contributed by atoms with Gasteiger partial charge >= 0.3 is 5.97 Å². The molecule has 19 heavy (non-hydrogen) atoms. The second-order valence-electron chi connectivity index (χ2n) is 4.45. The third-order valence-corrected chi connectivity index (χ3v) is 2.72. The smallest absolute Gasteiger partial charge is 0.361 e. The van der Waals surface area contributed by atoms with E-state index in [1.807, 2.05) is 13.8 Å². The van der Waals surface area contributed by atoms with Crippen LogP contribution in [0.1, 0.15) is 31.3 Å². The second-order valence-corrected chi connectivity index (χ2v) is 4.45. The molecular formula is C12H20N4O3. The van der Waals surface area contributed by atoms with Gasteiger partial charge in [0.2, 0.25) is 5.91 Å². The molecule has 0 spiro atoms. The summed E-state index contributed by atoms with van der Waals surface area (Å²) < 4.78 is 6.17. The van der Waals surface area contributed by atoms with Crippen molar-refractivity contribution >= 4 is 17.6 Å². The van der Waals surface area contributed by atoms with E-state index in [4.69, 9.17) is 10.5 Å². The monoisotopic (exact) mass is 268 g/mol. The number of hydrogen-bond donors (Lipinski definition) is 1. The maximum Gasteiger partial charge on any atom is 0.361 e. The number of rotatable bonds is 5. The summed E-state index contributed by atoms with van der Waals surface area (Å²) in [5.41, 5.74) is 5.93. The van der Waals surface area contributed by atoms with Crippen molar-refractivity contribution in [1.82, 2.24) is 14.7 Å². The maximum atomic E-state index is 11.9. The third-order valence-electron chi connectivity index (χ3n) is 2.72. The lowest BCUT2D eigenvalue weighted by Gasteiger charge is -2.21. The zero-order valence-corrected chi connectivity index (χ0v) is 11.7. The largest absolute Gasteiger partial charge is 0.461 e. The quantitative estimate of drug-likeness (QED) is 0.786. The SMILES string of the molecule is CCOC(=O)c1nn(CC(=O)N(C)C(C)C)cc1N. The van der Waals surface area contributed by atoms with Gasteiger partial charge in [-0.05, 0) is 20.8 Å². The normalized spacial score (nSPS) is 10.6. The lowest BCUT2D eigenvalue weighted by atomic mass is 10.3. The van der Waals surface area contributed by atoms with E-state index >= 15 is 0 Å². The topological polar surface area (TPSA) is 90.4 Å². The molecule has 7 nitrogen and oxygen atoms in total. The van der Waals surface area contributed by atoms with Gasteiger partial charge in [0, 0.05) is 19.3 Å². The zero-order chi connectivity index (χ0) is 14.6. The lowest BCUT2D eigenvalue weighted by molar-refractivity contribution is -0.132. The Hall–Kier alpha value is -2.05. The van der Waals surface area contributed by atoms with Gasteiger partial charge in [0.1, 0.15) is 6.54 Å². The molecule has 0 bridgehead atoms. The van der Waals surface area contributed by atoms with Crippen LogP contribution in [0.15, 0.2) is 6.20 Å². The molecule has 1 amide bonds. The standard InChI is InChI=1S/C12H20N4O3/c1-5-19-12(18)11-9(13)6-16(14-11)7-10(17)15(4)8(2)3/h6,8H,5,7,13H2,1-4H3. The fraction of sp³-hybridized carbons (Fsp3) is 0.583. The van der Waals surface area contributed by atoms with Crippen LogP contribution in [0, 0.1) is 0 Å². The van der Waals surface area contributed by atoms with Crippen LogP contribution >= 0.6 is 0 Å². The highest BCUT2D eigenvalue weighted by Gasteiger charge is 2.18. The highest BCUT2D eigenvalue weighted by Crippen LogP contribution is 2.11. The summed E-state index contributed by atoms with van der Waals surface area (Å²) in [6.07, 6.45) is 1.46. The van der Waals surface area contributed by atoms with Crippen LogP contribution in [0.2, 0.25) is 0 Å². The fourth-order valence-corrected chi connectivity index (χ4v) is 1.41. The number of hydrogen-bond acceptors (Lipinski definition) is 5. The van der Waals surface area contributed by atoms with Crippen molar-refractivity contribution in [3.05, 3.63) is 11.9 Å². The van der Waals surface area contributed by atoms with Crippen LogP contribution in [-0.2, 0) is 16.1 Å². The molecule has 1 rings (SSSR count). The first-order valence-corrected chi connectivity index (χ1v) is 6.12. The first kappa shape index (κ1) is 15.0. The maximum absolute atomic E-state index is 11.9. The third kappa shape index (κ3) is 3.70. The zero-order valence-electron chi connectivity index (χ0n) is 11.7. The molecule has 1 aromatic rings. The van der Waals surface area contributed by atoms with E-state index in [0.717, 1.165) is 0 Å². The number of esters is 1. The molecule has 0 saturated carbocycles. The molecule has 1 heterocycles. The molecule has 0 aromatic carbocycles. The van der Waals surface area contributed by atoms with E-state index in [2.05, 4.69) is 5.10 Å². The Labute approximate surface area is 112 Å². The molecule has 106 valence electrons. The number of amides is 1. The van der Waals surface area contributed by atoms with Crippen LogP contribution < -0.4 is 5.73 Å². The van der Waals surface area contributed by atoms with Crippen LogP contribution in [0.3, 0.4) is 0 Å². The summed E-state index contributed by atoms with van der Waals surface area (Å²) in [6.45, 7) is 5.82. The van der Waals surface area contributed by atoms with E-state index in [9.17, 15) is 9.59 Å². The Bertz CT molecular complexity index is 468. The average molecular weight is 268 g/mol. The molecule has 0 unspecified atom stereocenters. The van der Waals surface area contributed by atoms with Crippen LogP contribution in [-0.4, -0.2) is 46.3 Å². The van der Waals surface area contributed by atoms with Gasteiger partial charge in [0.05, 0.1) is 12.3 Å². The van der Waals surface area contributed by atoms with E-state index in [1.165, 1.54) is 10.9 Å². The van der Waals surface area contributed by atoms with Gasteiger partial charge in [-0.3, -0.25) is 9.48 Å². The number of carbonyl (C=O) groups is 2. The summed E-state index contributed by atoms with van der Waals surface area (Å²) in [6, 6.07) is 0.102. The summed E-state index contributed by atoms with van der Waals surface area (Å²) in [5.74, 6) is -0.684. The number of ether oxygens (including phenoxy) is 1. The minimum Gasteiger partial charge on any atom is -0.461 e. The lowest BCUT2D eigenvalue weighted by Crippen LogP contribution is -2.35. The van der Waals surface area contributed by atoms with E-state index in [1.54, 1.807) is 18.9 Å². The molecule has 2 N–H and O–H groups in total. The van der Waals surface area contributed by atoms with Gasteiger partial charge in [-0.1, -0.05) is 0 Å². The summed E-state index contributed by atoms with van der Waals surface area (Å²) in [4.78, 5) is 25.0. The molecule has 7 heteroatoms. The van der Waals surface area contributed by atoms with Crippen LogP contribution in [0.5, 0.6) is 0 Å². The Morgan fingerprint density at radius 1 is 1.53 bits per heavy atom. The number of nitrogen functional groups attached to an aromatic ring is 1. The minimum atomic E-state index is -0.580. The minimum absolute atomic E-state index is 0.0400. The van der Waals surface area contributed by atoms with Crippen molar-refractivity contribution in [2.24, 2.45) is 0 Å². The van der Waals surface area contributed by atoms with E-state index < -0.39 is 5.97 Å². The van der Waals surface area contributed by atoms with Gasteiger partial charge in [0.25, 0.3) is 0 Å². The Morgan fingerprint density at radius 3 is 2.68 bits per heavy atom. The van der Waals surface area contributed by atoms with Crippen molar-refractivity contribution in [1.29, 1.82) is 0 Å². The Balaban J connectivity index is 2.79. The molecule has 1 aromatic heterocycles. The number of aromatic nitrogens is 2. The molecule has 0 radical (unpaired) electrons. The summed E-state index contributed by atoms with van der Waals surface area (Å²) in [7, 11) is 1.71. The number of anilines is 1. The van der Waals surface area contributed by atoms with Crippen LogP contribution in [0.25, 0.3) is 0 Å². The highest BCUT2D eigenvalue weighted by atomic mass is 16.5. The van der Waals surface area contributed by atoms with E-state index in [0.29, 0.717) is 0 Å². The Kier molecular flexibility index (Phi) is 4.91. The van der Waals surface area contributed by atoms with Crippen molar-refractivity contribution in [3.8, 4) is 0 Å². The second kappa shape index (κ2) is 6.21. The summed E-state index contributed by atoms with van der Waals surface area (Å²) in [5, 5.41) is 3.98. The number of likely N-dealkylation sites (N-methyl/N-ethyl adjacent to an activating group) is 1. The first-order valence-electron chi connectivity index (χ1n) is 6.12. The van der Waals surface area contributed by atoms with E-state index in [-0.39, 0.29) is 36.5 Å². The van der Waals surface area contributed by atoms with Crippen molar-refractivity contribution < 1.29 is 14.3 Å². The van der Waals surface area contributed by atoms with Crippen molar-refractivity contribution in [3.63, 3.8) is 0 Å². The number of nitrogens with two attached hydrogens (primary N) is 1.